The van der Waals surface area contributed by atoms with Gasteiger partial charge in [0.15, 0.2) is 4.30 Å². The van der Waals surface area contributed by atoms with Gasteiger partial charge in [-0.3, -0.25) is 20.6 Å². The summed E-state index contributed by atoms with van der Waals surface area (Å²) in [6.07, 6.45) is 3.31. The molecule has 10 N–H and O–H groups in total. The maximum atomic E-state index is 4.81. The molecule has 6 rings (SSSR count). The summed E-state index contributed by atoms with van der Waals surface area (Å²) in [6, 6.07) is 18.8. The van der Waals surface area contributed by atoms with Crippen LogP contribution in [-0.4, -0.2) is 54.6 Å². The average Bonchev–Trinajstić information content (AvgIpc) is 3.41. The van der Waals surface area contributed by atoms with Crippen molar-refractivity contribution in [2.24, 2.45) is 23.7 Å². The minimum absolute atomic E-state index is 0. The minimum Gasteiger partial charge on any atom is -1.00 e. The molecule has 2 heterocycles. The predicted octanol–water partition coefficient (Wildman–Crippen LogP) is -2.64. The van der Waals surface area contributed by atoms with E-state index in [1.165, 1.54) is 29.2 Å². The first-order valence-electron chi connectivity index (χ1n) is 16.7. The molecule has 0 aromatic heterocycles. The van der Waals surface area contributed by atoms with Crippen molar-refractivity contribution < 1.29 is 51.2 Å². The predicted molar refractivity (Wildman–Crippen MR) is 202 cm³/mol. The van der Waals surface area contributed by atoms with Crippen molar-refractivity contribution in [3.8, 4) is 0 Å². The van der Waals surface area contributed by atoms with Crippen molar-refractivity contribution in [2.45, 2.75) is 127 Å². The Bertz CT molecular complexity index is 1360. The van der Waals surface area contributed by atoms with Gasteiger partial charge >= 0.3 is 0 Å². The van der Waals surface area contributed by atoms with Crippen LogP contribution >= 0.6 is 34.8 Å². The molecule has 2 saturated carbocycles. The first-order valence-corrected chi connectivity index (χ1v) is 18.0. The second-order valence-corrected chi connectivity index (χ2v) is 19.2. The van der Waals surface area contributed by atoms with E-state index in [9.17, 15) is 0 Å². The summed E-state index contributed by atoms with van der Waals surface area (Å²) in [5, 5.41) is 8.09. The number of amidine groups is 2. The second-order valence-electron chi connectivity index (χ2n) is 17.3. The molecule has 2 bridgehead atoms. The van der Waals surface area contributed by atoms with Crippen molar-refractivity contribution in [3.63, 3.8) is 0 Å². The molecular weight excluding hydrogens is 738 g/mol. The summed E-state index contributed by atoms with van der Waals surface area (Å²) in [4.78, 5) is 8.25. The Morgan fingerprint density at radius 1 is 0.600 bits per heavy atom. The molecule has 0 spiro atoms. The summed E-state index contributed by atoms with van der Waals surface area (Å²) >= 11 is 14.4. The normalized spacial score (nSPS) is 26.6. The number of hydrogen-bond donors (Lipinski definition) is 4. The van der Waals surface area contributed by atoms with Crippen LogP contribution in [-0.2, 0) is 12.8 Å². The van der Waals surface area contributed by atoms with Gasteiger partial charge in [0.05, 0.1) is 22.9 Å². The number of rotatable bonds is 0. The zero-order valence-corrected chi connectivity index (χ0v) is 35.0. The molecule has 2 aliphatic heterocycles. The number of nitrogens with one attached hydrogen (secondary N) is 4. The van der Waals surface area contributed by atoms with Gasteiger partial charge in [-0.05, 0) is 110 Å². The lowest BCUT2D eigenvalue weighted by molar-refractivity contribution is -0.550. The number of fused-ring (bicyclic) bond motifs is 12. The van der Waals surface area contributed by atoms with Crippen LogP contribution in [0.25, 0.3) is 0 Å². The topological polar surface area (TPSA) is 146 Å². The van der Waals surface area contributed by atoms with E-state index in [1.807, 2.05) is 0 Å². The minimum atomic E-state index is -0.750. The lowest BCUT2D eigenvalue weighted by atomic mass is 9.61. The molecule has 2 aromatic carbocycles. The van der Waals surface area contributed by atoms with Crippen molar-refractivity contribution in [1.82, 2.24) is 10.6 Å². The average molecular weight is 799 g/mol. The van der Waals surface area contributed by atoms with Crippen LogP contribution in [0.15, 0.2) is 48.5 Å². The van der Waals surface area contributed by atoms with E-state index in [-0.39, 0.29) is 63.4 Å². The zero-order chi connectivity index (χ0) is 33.1. The Morgan fingerprint density at radius 3 is 1.22 bits per heavy atom. The molecule has 50 heavy (non-hydrogen) atoms. The van der Waals surface area contributed by atoms with Crippen LogP contribution in [0.1, 0.15) is 110 Å². The molecule has 4 aliphatic rings. The van der Waals surface area contributed by atoms with E-state index in [0.717, 1.165) is 12.8 Å². The van der Waals surface area contributed by atoms with Gasteiger partial charge in [-0.1, -0.05) is 83.3 Å². The highest BCUT2D eigenvalue weighted by Crippen LogP contribution is 2.66. The second kappa shape index (κ2) is 17.7. The van der Waals surface area contributed by atoms with Crippen LogP contribution in [0, 0.1) is 23.7 Å². The van der Waals surface area contributed by atoms with Gasteiger partial charge in [-0.25, -0.2) is 0 Å². The van der Waals surface area contributed by atoms with Crippen LogP contribution in [0.3, 0.4) is 0 Å². The van der Waals surface area contributed by atoms with Gasteiger partial charge in [-0.15, -0.1) is 0 Å². The summed E-state index contributed by atoms with van der Waals surface area (Å²) in [5.74, 6) is 5.62. The Labute approximate surface area is 328 Å². The monoisotopic (exact) mass is 796 g/mol. The Kier molecular flexibility index (Phi) is 17.2. The van der Waals surface area contributed by atoms with E-state index in [0.29, 0.717) is 35.5 Å². The fourth-order valence-corrected chi connectivity index (χ4v) is 9.06. The zero-order valence-electron chi connectivity index (χ0n) is 31.2. The van der Waals surface area contributed by atoms with Crippen molar-refractivity contribution >= 4 is 46.5 Å². The van der Waals surface area contributed by atoms with Crippen LogP contribution in [0.2, 0.25) is 0 Å². The largest absolute Gasteiger partial charge is 1.00 e. The fraction of sp³-hybridized carbons (Fsp3) is 0.632. The Balaban J connectivity index is 0.00000254. The molecule has 12 heteroatoms. The maximum absolute atomic E-state index is 4.81. The summed E-state index contributed by atoms with van der Waals surface area (Å²) in [6.45, 7) is 23.3. The van der Waals surface area contributed by atoms with Crippen LogP contribution in [0.4, 0.5) is 0 Å². The van der Waals surface area contributed by atoms with E-state index < -0.39 is 4.30 Å². The van der Waals surface area contributed by atoms with Crippen molar-refractivity contribution in [1.29, 1.82) is 0 Å². The summed E-state index contributed by atoms with van der Waals surface area (Å²) < 4.78 is -0.750. The highest BCUT2D eigenvalue weighted by Gasteiger charge is 2.65. The van der Waals surface area contributed by atoms with Gasteiger partial charge in [0, 0.05) is 24.7 Å². The SMILES string of the molecule is CC(C)(C)NC1=[NH+]C(C)(C)Cc2ccccc2[C@H]2C3CC([C@@H]12)[C@@H]1C(NC(C)(C)C)=[NH+]C(C)(C)Cc2ccccc2[C@H]31.ClC(Cl)Cl.O.O.O.[Cl-].[Cl-]. The molecule has 0 radical (unpaired) electrons. The molecular formula is C38H61Cl5N4O3. The first kappa shape index (κ1) is 48.7. The van der Waals surface area contributed by atoms with Crippen molar-refractivity contribution in [3.05, 3.63) is 70.8 Å². The van der Waals surface area contributed by atoms with Gasteiger partial charge in [0.1, 0.15) is 11.1 Å². The van der Waals surface area contributed by atoms with Gasteiger partial charge in [-0.2, -0.15) is 0 Å². The van der Waals surface area contributed by atoms with E-state index in [2.05, 4.69) is 138 Å². The van der Waals surface area contributed by atoms with Crippen molar-refractivity contribution in [2.75, 3.05) is 0 Å². The highest BCUT2D eigenvalue weighted by molar-refractivity contribution is 6.63. The summed E-state index contributed by atoms with van der Waals surface area (Å²) in [7, 11) is 0. The number of hydrogen-bond acceptors (Lipinski definition) is 2. The lowest BCUT2D eigenvalue weighted by Crippen LogP contribution is -3.00. The van der Waals surface area contributed by atoms with E-state index in [4.69, 9.17) is 34.8 Å². The molecule has 0 amide bonds. The Morgan fingerprint density at radius 2 is 0.900 bits per heavy atom. The highest BCUT2D eigenvalue weighted by atomic mass is 35.6. The van der Waals surface area contributed by atoms with Crippen LogP contribution < -0.4 is 45.4 Å². The number of alkyl halides is 3. The molecule has 6 atom stereocenters. The van der Waals surface area contributed by atoms with Gasteiger partial charge in [0.2, 0.25) is 11.7 Å². The molecule has 2 unspecified atom stereocenters. The number of halogens is 5. The molecule has 2 aliphatic carbocycles. The summed E-state index contributed by atoms with van der Waals surface area (Å²) in [5.41, 5.74) is 6.09. The fourth-order valence-electron chi connectivity index (χ4n) is 9.06. The quantitative estimate of drug-likeness (QED) is 0.216. The van der Waals surface area contributed by atoms with Gasteiger partial charge < -0.3 is 41.2 Å². The van der Waals surface area contributed by atoms with Gasteiger partial charge in [0.25, 0.3) is 0 Å². The molecule has 286 valence electrons. The Hall–Kier alpha value is -1.29. The van der Waals surface area contributed by atoms with E-state index >= 15 is 0 Å². The van der Waals surface area contributed by atoms with E-state index in [1.54, 1.807) is 11.1 Å². The molecule has 7 nitrogen and oxygen atoms in total. The molecule has 2 aromatic rings. The van der Waals surface area contributed by atoms with Crippen LogP contribution in [0.5, 0.6) is 0 Å². The molecule has 2 fully saturated rings. The third-order valence-electron chi connectivity index (χ3n) is 9.89. The third kappa shape index (κ3) is 10.9. The standard InChI is InChI=1S/C37H52N4.CHCl3.2ClH.3H2O/c1-34(2,3)38-32-30-27-19-26(28(30)24-17-13-11-15-22(24)20-36(7,8)40-32)29-25-18-14-12-16-23(25)21-37(9,10)41-33(31(27)29)39-35(4,5)6;2-1(3)4;;;;;/h11-18,26-31H,19-21H2,1-10H3,(H,38,40)(H,39,41);1H;2*1H;3*1H2/t26?,27?,28-,29+,30+,31-;;;;;;. The number of benzene rings is 2. The maximum Gasteiger partial charge on any atom is 0.247 e. The third-order valence-corrected chi connectivity index (χ3v) is 9.89. The molecule has 0 saturated heterocycles. The first-order chi connectivity index (χ1) is 20.8. The smallest absolute Gasteiger partial charge is 0.247 e. The lowest BCUT2D eigenvalue weighted by Gasteiger charge is -2.44.